The number of hydrogen-bond donors (Lipinski definition) is 0. The van der Waals surface area contributed by atoms with Crippen molar-refractivity contribution in [2.24, 2.45) is 0 Å². The molecule has 4 heterocycles. The molecule has 230 valence electrons. The first kappa shape index (κ1) is 29.1. The molecule has 0 aliphatic carbocycles. The van der Waals surface area contributed by atoms with Crippen molar-refractivity contribution in [3.63, 3.8) is 0 Å². The number of thiophene rings is 1. The molecule has 0 unspecified atom stereocenters. The number of aromatic nitrogens is 2. The summed E-state index contributed by atoms with van der Waals surface area (Å²) in [6.07, 6.45) is 3.88. The van der Waals surface area contributed by atoms with E-state index < -0.39 is 0 Å². The first-order chi connectivity index (χ1) is 23.5. The maximum atomic E-state index is 6.61. The number of aryl methyl sites for hydroxylation is 3. The fourth-order valence-electron chi connectivity index (χ4n) is 6.91. The Labute approximate surface area is 290 Å². The Balaban J connectivity index is 1.08. The van der Waals surface area contributed by atoms with Crippen molar-refractivity contribution >= 4 is 56.1 Å². The third-order valence-electron chi connectivity index (χ3n) is 9.18. The summed E-state index contributed by atoms with van der Waals surface area (Å²) in [6.45, 7) is 6.54. The zero-order valence-electron chi connectivity index (χ0n) is 26.7. The first-order valence-corrected chi connectivity index (χ1v) is 18.6. The predicted octanol–water partition coefficient (Wildman–Crippen LogP) is 10.2. The van der Waals surface area contributed by atoms with Crippen LogP contribution in [0.4, 0.5) is 0 Å². The van der Waals surface area contributed by atoms with E-state index in [4.69, 9.17) is 14.7 Å². The molecule has 5 heteroatoms. The van der Waals surface area contributed by atoms with Crippen molar-refractivity contribution in [3.05, 3.63) is 144 Å². The van der Waals surface area contributed by atoms with Gasteiger partial charge in [-0.2, -0.15) is 0 Å². The van der Waals surface area contributed by atoms with Gasteiger partial charge in [0, 0.05) is 4.88 Å². The predicted molar refractivity (Wildman–Crippen MR) is 202 cm³/mol. The van der Waals surface area contributed by atoms with Crippen LogP contribution in [0.2, 0.25) is 0 Å². The molecule has 0 saturated heterocycles. The number of fused-ring (bicyclic) bond motifs is 3. The molecule has 3 nitrogen and oxygen atoms in total. The van der Waals surface area contributed by atoms with E-state index in [1.54, 1.807) is 0 Å². The maximum absolute atomic E-state index is 6.61. The van der Waals surface area contributed by atoms with Gasteiger partial charge in [-0.05, 0) is 24.1 Å². The molecule has 3 aromatic heterocycles. The summed E-state index contributed by atoms with van der Waals surface area (Å²) in [5.74, 6) is 1.58. The zero-order chi connectivity index (χ0) is 32.4. The van der Waals surface area contributed by atoms with Gasteiger partial charge in [0.15, 0.2) is 0 Å². The summed E-state index contributed by atoms with van der Waals surface area (Å²) in [5, 5.41) is 3.99. The molecule has 1 aliphatic heterocycles. The number of nitrogens with zero attached hydrogens (tertiary/aromatic N) is 2. The second-order valence-corrected chi connectivity index (χ2v) is 15.6. The quantitative estimate of drug-likeness (QED) is 0.168. The van der Waals surface area contributed by atoms with Gasteiger partial charge in [0.25, 0.3) is 0 Å². The summed E-state index contributed by atoms with van der Waals surface area (Å²) in [7, 11) is 0. The van der Waals surface area contributed by atoms with E-state index >= 15 is 0 Å². The second kappa shape index (κ2) is 11.6. The molecule has 0 atom stereocenters. The van der Waals surface area contributed by atoms with Crippen molar-refractivity contribution < 1.29 is 4.74 Å². The molecule has 1 aliphatic rings. The Kier molecular flexibility index (Phi) is 7.02. The Hall–Kier alpha value is -5.06. The van der Waals surface area contributed by atoms with Crippen LogP contribution in [0.15, 0.2) is 128 Å². The third-order valence-corrected chi connectivity index (χ3v) is 13.0. The SMILES string of the molecule is Cc1cc(Oc2cccc(-c3nccc4c(C)c(-c5ccccc5)sc34)c2)cc(-c2nccc3c2[Se]c2cccc4c(C)ccc-3c24)c1. The molecule has 0 amide bonds. The van der Waals surface area contributed by atoms with Gasteiger partial charge in [-0.1, -0.05) is 30.3 Å². The van der Waals surface area contributed by atoms with Gasteiger partial charge in [-0.25, -0.2) is 0 Å². The standard InChI is InChI=1S/C43H30N2OSSe/c1-25-21-30(40-43-36(18-20-45-40)35-16-15-26(2)33-13-8-14-37(48-43)38(33)35)24-32(22-25)46-31-12-7-11-29(23-31)39-42-34(17-19-44-39)27(3)41(47-42)28-9-5-4-6-10-28/h4-24H,1-3H3. The van der Waals surface area contributed by atoms with Crippen molar-refractivity contribution in [1.82, 2.24) is 9.97 Å². The fraction of sp³-hybridized carbons (Fsp3) is 0.0698. The molecule has 8 aromatic rings. The van der Waals surface area contributed by atoms with Crippen LogP contribution in [0.25, 0.3) is 64.9 Å². The molecular formula is C43H30N2OSSe. The average molecular weight is 702 g/mol. The first-order valence-electron chi connectivity index (χ1n) is 16.1. The Morgan fingerprint density at radius 2 is 1.40 bits per heavy atom. The van der Waals surface area contributed by atoms with Crippen LogP contribution in [0.1, 0.15) is 16.7 Å². The van der Waals surface area contributed by atoms with Crippen LogP contribution in [-0.4, -0.2) is 24.9 Å². The third kappa shape index (κ3) is 4.86. The molecule has 0 N–H and O–H groups in total. The van der Waals surface area contributed by atoms with Crippen LogP contribution in [0.5, 0.6) is 11.5 Å². The summed E-state index contributed by atoms with van der Waals surface area (Å²) < 4.78 is 10.5. The van der Waals surface area contributed by atoms with Gasteiger partial charge in [-0.15, -0.1) is 0 Å². The van der Waals surface area contributed by atoms with Crippen LogP contribution < -0.4 is 13.7 Å². The molecule has 0 bridgehead atoms. The summed E-state index contributed by atoms with van der Waals surface area (Å²) in [4.78, 5) is 11.1. The second-order valence-electron chi connectivity index (χ2n) is 12.4. The minimum atomic E-state index is 0.132. The van der Waals surface area contributed by atoms with Gasteiger partial charge in [-0.3, -0.25) is 0 Å². The van der Waals surface area contributed by atoms with Crippen molar-refractivity contribution in [2.75, 3.05) is 0 Å². The topological polar surface area (TPSA) is 35.0 Å². The fourth-order valence-corrected chi connectivity index (χ4v) is 10.8. The summed E-state index contributed by atoms with van der Waals surface area (Å²) >= 11 is 1.94. The van der Waals surface area contributed by atoms with Crippen molar-refractivity contribution in [2.45, 2.75) is 20.8 Å². The van der Waals surface area contributed by atoms with Crippen molar-refractivity contribution in [1.29, 1.82) is 0 Å². The average Bonchev–Trinajstić information content (AvgIpc) is 3.45. The molecule has 9 rings (SSSR count). The van der Waals surface area contributed by atoms with Gasteiger partial charge in [0.05, 0.1) is 0 Å². The molecule has 0 saturated carbocycles. The monoisotopic (exact) mass is 702 g/mol. The van der Waals surface area contributed by atoms with E-state index in [0.29, 0.717) is 0 Å². The van der Waals surface area contributed by atoms with Gasteiger partial charge in [0.2, 0.25) is 0 Å². The van der Waals surface area contributed by atoms with E-state index in [9.17, 15) is 0 Å². The zero-order valence-corrected chi connectivity index (χ0v) is 29.3. The Morgan fingerprint density at radius 3 is 2.29 bits per heavy atom. The van der Waals surface area contributed by atoms with E-state index in [1.165, 1.54) is 62.5 Å². The summed E-state index contributed by atoms with van der Waals surface area (Å²) in [5.41, 5.74) is 11.7. The Morgan fingerprint density at radius 1 is 0.604 bits per heavy atom. The normalized spacial score (nSPS) is 12.0. The molecule has 0 fully saturated rings. The van der Waals surface area contributed by atoms with Crippen molar-refractivity contribution in [3.8, 4) is 55.6 Å². The summed E-state index contributed by atoms with van der Waals surface area (Å²) in [6, 6.07) is 40.9. The number of hydrogen-bond acceptors (Lipinski definition) is 4. The number of pyridine rings is 2. The van der Waals surface area contributed by atoms with Gasteiger partial charge < -0.3 is 0 Å². The molecule has 48 heavy (non-hydrogen) atoms. The molecule has 0 radical (unpaired) electrons. The van der Waals surface area contributed by atoms with E-state index in [1.807, 2.05) is 29.8 Å². The van der Waals surface area contributed by atoms with Gasteiger partial charge >= 0.3 is 232 Å². The van der Waals surface area contributed by atoms with Crippen LogP contribution in [0.3, 0.4) is 0 Å². The number of benzene rings is 5. The molecule has 0 spiro atoms. The van der Waals surface area contributed by atoms with Crippen LogP contribution in [0, 0.1) is 20.8 Å². The van der Waals surface area contributed by atoms with E-state index in [-0.39, 0.29) is 15.0 Å². The van der Waals surface area contributed by atoms with Gasteiger partial charge in [0.1, 0.15) is 0 Å². The molecular weight excluding hydrogens is 672 g/mol. The molecule has 5 aromatic carbocycles. The minimum absolute atomic E-state index is 0.132. The number of rotatable bonds is 5. The van der Waals surface area contributed by atoms with Crippen LogP contribution >= 0.6 is 11.3 Å². The number of ether oxygens (including phenoxy) is 1. The van der Waals surface area contributed by atoms with E-state index in [0.717, 1.165) is 39.6 Å². The Bertz CT molecular complexity index is 2550. The van der Waals surface area contributed by atoms with E-state index in [2.05, 4.69) is 130 Å². The van der Waals surface area contributed by atoms with Crippen LogP contribution in [-0.2, 0) is 0 Å².